The number of rotatable bonds is 4. The molecule has 3 N–H and O–H groups in total. The van der Waals surface area contributed by atoms with Crippen molar-refractivity contribution in [3.63, 3.8) is 0 Å². The molecule has 1 atom stereocenters. The van der Waals surface area contributed by atoms with E-state index < -0.39 is 0 Å². The minimum atomic E-state index is 0.128. The number of guanidine groups is 1. The lowest BCUT2D eigenvalue weighted by Crippen LogP contribution is -2.56. The van der Waals surface area contributed by atoms with E-state index in [0.717, 1.165) is 10.0 Å². The Balaban J connectivity index is 1.60. The van der Waals surface area contributed by atoms with E-state index in [-0.39, 0.29) is 12.0 Å². The first-order chi connectivity index (χ1) is 12.6. The maximum absolute atomic E-state index is 8.80. The zero-order valence-corrected chi connectivity index (χ0v) is 15.9. The summed E-state index contributed by atoms with van der Waals surface area (Å²) in [7, 11) is 0. The largest absolute Gasteiger partial charge is 0.486 e. The fraction of sp³-hybridized carbons (Fsp3) is 0.375. The van der Waals surface area contributed by atoms with Gasteiger partial charge in [-0.25, -0.2) is 9.97 Å². The predicted octanol–water partition coefficient (Wildman–Crippen LogP) is 1.43. The van der Waals surface area contributed by atoms with Gasteiger partial charge in [0, 0.05) is 48.1 Å². The third-order valence-electron chi connectivity index (χ3n) is 4.18. The fourth-order valence-electron chi connectivity index (χ4n) is 2.74. The smallest absolute Gasteiger partial charge is 0.233 e. The zero-order valence-electron chi connectivity index (χ0n) is 14.3. The SMILES string of the molecule is CC1CN(C(N)=NO)CCN1c1ncc(OCc2ccncc2Br)cn1. The molecule has 138 valence electrons. The number of aromatic nitrogens is 3. The van der Waals surface area contributed by atoms with Crippen LogP contribution in [0.5, 0.6) is 5.75 Å². The maximum atomic E-state index is 8.80. The highest BCUT2D eigenvalue weighted by molar-refractivity contribution is 9.10. The van der Waals surface area contributed by atoms with E-state index in [0.29, 0.717) is 37.9 Å². The van der Waals surface area contributed by atoms with Crippen molar-refractivity contribution >= 4 is 27.8 Å². The summed E-state index contributed by atoms with van der Waals surface area (Å²) in [5, 5.41) is 11.9. The Morgan fingerprint density at radius 1 is 1.38 bits per heavy atom. The van der Waals surface area contributed by atoms with Crippen LogP contribution in [0.25, 0.3) is 0 Å². The van der Waals surface area contributed by atoms with E-state index in [1.54, 1.807) is 24.8 Å². The van der Waals surface area contributed by atoms with E-state index >= 15 is 0 Å². The Labute approximate surface area is 159 Å². The van der Waals surface area contributed by atoms with E-state index in [9.17, 15) is 0 Å². The number of anilines is 1. The molecule has 2 aromatic heterocycles. The number of piperazine rings is 1. The molecule has 1 fully saturated rings. The molecule has 1 aliphatic heterocycles. The second-order valence-corrected chi connectivity index (χ2v) is 6.78. The van der Waals surface area contributed by atoms with Gasteiger partial charge in [0.1, 0.15) is 6.61 Å². The Kier molecular flexibility index (Phi) is 5.71. The van der Waals surface area contributed by atoms with Crippen molar-refractivity contribution in [2.24, 2.45) is 10.9 Å². The lowest BCUT2D eigenvalue weighted by atomic mass is 10.2. The van der Waals surface area contributed by atoms with Crippen LogP contribution in [0.4, 0.5) is 5.95 Å². The van der Waals surface area contributed by atoms with Crippen LogP contribution in [0.15, 0.2) is 40.5 Å². The van der Waals surface area contributed by atoms with Crippen LogP contribution in [0.2, 0.25) is 0 Å². The summed E-state index contributed by atoms with van der Waals surface area (Å²) in [6.07, 6.45) is 6.78. The normalized spacial score (nSPS) is 18.1. The van der Waals surface area contributed by atoms with Gasteiger partial charge in [0.2, 0.25) is 11.9 Å². The first-order valence-electron chi connectivity index (χ1n) is 8.11. The van der Waals surface area contributed by atoms with Gasteiger partial charge in [-0.15, -0.1) is 0 Å². The molecule has 26 heavy (non-hydrogen) atoms. The maximum Gasteiger partial charge on any atom is 0.233 e. The second kappa shape index (κ2) is 8.17. The minimum Gasteiger partial charge on any atom is -0.486 e. The van der Waals surface area contributed by atoms with Crippen molar-refractivity contribution in [1.29, 1.82) is 0 Å². The van der Waals surface area contributed by atoms with Crippen LogP contribution in [0.3, 0.4) is 0 Å². The molecule has 0 bridgehead atoms. The Morgan fingerprint density at radius 2 is 2.15 bits per heavy atom. The summed E-state index contributed by atoms with van der Waals surface area (Å²) in [6, 6.07) is 2.02. The number of halogens is 1. The standard InChI is InChI=1S/C16H20BrN7O2/c1-11-9-23(15(18)22-25)4-5-24(11)16-20-6-13(7-21-16)26-10-12-2-3-19-8-14(12)17/h2-3,6-8,11,25H,4-5,9-10H2,1H3,(H2,18,22). The monoisotopic (exact) mass is 421 g/mol. The Hall–Kier alpha value is -2.62. The summed E-state index contributed by atoms with van der Waals surface area (Å²) in [5.74, 6) is 1.36. The van der Waals surface area contributed by atoms with Gasteiger partial charge in [0.05, 0.1) is 12.4 Å². The van der Waals surface area contributed by atoms with Gasteiger partial charge < -0.3 is 25.5 Å². The number of ether oxygens (including phenoxy) is 1. The Morgan fingerprint density at radius 3 is 2.81 bits per heavy atom. The van der Waals surface area contributed by atoms with Crippen LogP contribution in [0.1, 0.15) is 12.5 Å². The first-order valence-corrected chi connectivity index (χ1v) is 8.90. The lowest BCUT2D eigenvalue weighted by molar-refractivity contribution is 0.280. The minimum absolute atomic E-state index is 0.128. The lowest BCUT2D eigenvalue weighted by Gasteiger charge is -2.39. The van der Waals surface area contributed by atoms with E-state index in [1.807, 2.05) is 17.9 Å². The van der Waals surface area contributed by atoms with E-state index in [2.05, 4.69) is 40.9 Å². The summed E-state index contributed by atoms with van der Waals surface area (Å²) < 4.78 is 6.63. The molecule has 0 spiro atoms. The molecule has 0 radical (unpaired) electrons. The number of nitrogens with two attached hydrogens (primary N) is 1. The average molecular weight is 422 g/mol. The number of nitrogens with zero attached hydrogens (tertiary/aromatic N) is 6. The highest BCUT2D eigenvalue weighted by Gasteiger charge is 2.26. The summed E-state index contributed by atoms with van der Waals surface area (Å²) in [5.41, 5.74) is 6.66. The molecular formula is C16H20BrN7O2. The van der Waals surface area contributed by atoms with Crippen molar-refractivity contribution in [2.45, 2.75) is 19.6 Å². The third-order valence-corrected chi connectivity index (χ3v) is 4.89. The predicted molar refractivity (Wildman–Crippen MR) is 100 cm³/mol. The quantitative estimate of drug-likeness (QED) is 0.329. The molecule has 2 aromatic rings. The average Bonchev–Trinajstić information content (AvgIpc) is 2.67. The number of hydrogen-bond donors (Lipinski definition) is 2. The van der Waals surface area contributed by atoms with Crippen LogP contribution in [-0.4, -0.2) is 56.7 Å². The molecule has 0 saturated carbocycles. The van der Waals surface area contributed by atoms with Crippen molar-refractivity contribution in [3.8, 4) is 5.75 Å². The van der Waals surface area contributed by atoms with Crippen molar-refractivity contribution < 1.29 is 9.94 Å². The molecule has 1 aliphatic rings. The topological polar surface area (TPSA) is 113 Å². The molecule has 3 rings (SSSR count). The molecular weight excluding hydrogens is 402 g/mol. The van der Waals surface area contributed by atoms with E-state index in [1.165, 1.54) is 0 Å². The molecule has 1 unspecified atom stereocenters. The molecule has 0 amide bonds. The van der Waals surface area contributed by atoms with E-state index in [4.69, 9.17) is 15.7 Å². The summed E-state index contributed by atoms with van der Waals surface area (Å²) in [4.78, 5) is 16.8. The molecule has 1 saturated heterocycles. The van der Waals surface area contributed by atoms with Gasteiger partial charge in [0.25, 0.3) is 0 Å². The highest BCUT2D eigenvalue weighted by atomic mass is 79.9. The molecule has 10 heteroatoms. The van der Waals surface area contributed by atoms with Crippen molar-refractivity contribution in [3.05, 3.63) is 40.9 Å². The Bertz CT molecular complexity index is 771. The molecule has 9 nitrogen and oxygen atoms in total. The van der Waals surface area contributed by atoms with Crippen LogP contribution in [-0.2, 0) is 6.61 Å². The van der Waals surface area contributed by atoms with Crippen LogP contribution >= 0.6 is 15.9 Å². The summed E-state index contributed by atoms with van der Waals surface area (Å²) >= 11 is 3.44. The zero-order chi connectivity index (χ0) is 18.5. The second-order valence-electron chi connectivity index (χ2n) is 5.92. The van der Waals surface area contributed by atoms with Gasteiger partial charge in [-0.2, -0.15) is 0 Å². The molecule has 0 aliphatic carbocycles. The van der Waals surface area contributed by atoms with Gasteiger partial charge in [-0.3, -0.25) is 4.98 Å². The van der Waals surface area contributed by atoms with Crippen molar-refractivity contribution in [1.82, 2.24) is 19.9 Å². The fourth-order valence-corrected chi connectivity index (χ4v) is 3.11. The first kappa shape index (κ1) is 18.2. The van der Waals surface area contributed by atoms with Gasteiger partial charge >= 0.3 is 0 Å². The van der Waals surface area contributed by atoms with Gasteiger partial charge in [-0.1, -0.05) is 5.16 Å². The van der Waals surface area contributed by atoms with Crippen LogP contribution < -0.4 is 15.4 Å². The third kappa shape index (κ3) is 4.13. The van der Waals surface area contributed by atoms with Gasteiger partial charge in [-0.05, 0) is 28.9 Å². The highest BCUT2D eigenvalue weighted by Crippen LogP contribution is 2.20. The summed E-state index contributed by atoms with van der Waals surface area (Å²) in [6.45, 7) is 4.40. The molecule has 0 aromatic carbocycles. The van der Waals surface area contributed by atoms with Gasteiger partial charge in [0.15, 0.2) is 5.75 Å². The number of oxime groups is 1. The van der Waals surface area contributed by atoms with Crippen LogP contribution in [0, 0.1) is 0 Å². The molecule has 3 heterocycles. The number of pyridine rings is 1. The van der Waals surface area contributed by atoms with Crippen molar-refractivity contribution in [2.75, 3.05) is 24.5 Å². The number of hydrogen-bond acceptors (Lipinski definition) is 7.